The van der Waals surface area contributed by atoms with Crippen molar-refractivity contribution in [1.29, 1.82) is 0 Å². The highest BCUT2D eigenvalue weighted by Gasteiger charge is 2.17. The van der Waals surface area contributed by atoms with Gasteiger partial charge in [-0.05, 0) is 12.1 Å². The Morgan fingerprint density at radius 3 is 2.58 bits per heavy atom. The molecule has 100 valence electrons. The van der Waals surface area contributed by atoms with Gasteiger partial charge in [0.25, 0.3) is 5.56 Å². The Labute approximate surface area is 110 Å². The molecule has 0 aliphatic heterocycles. The zero-order valence-corrected chi connectivity index (χ0v) is 10.6. The SMILES string of the molecule is COc1c(Sc2c(F)cc(N)cc2F)nc[nH]c1=O. The van der Waals surface area contributed by atoms with Crippen molar-refractivity contribution in [2.45, 2.75) is 9.92 Å². The van der Waals surface area contributed by atoms with Gasteiger partial charge in [0.15, 0.2) is 5.03 Å². The van der Waals surface area contributed by atoms with Gasteiger partial charge in [-0.25, -0.2) is 13.8 Å². The first-order valence-corrected chi connectivity index (χ1v) is 5.88. The van der Waals surface area contributed by atoms with Crippen LogP contribution >= 0.6 is 11.8 Å². The molecule has 1 aromatic carbocycles. The summed E-state index contributed by atoms with van der Waals surface area (Å²) in [5, 5.41) is 0.0637. The van der Waals surface area contributed by atoms with E-state index in [1.54, 1.807) is 0 Å². The van der Waals surface area contributed by atoms with E-state index < -0.39 is 17.2 Å². The Kier molecular flexibility index (Phi) is 3.70. The number of H-pyrrole nitrogens is 1. The molecule has 0 bridgehead atoms. The molecule has 0 aliphatic carbocycles. The van der Waals surface area contributed by atoms with Gasteiger partial charge < -0.3 is 15.5 Å². The number of aromatic nitrogens is 2. The maximum atomic E-state index is 13.6. The highest BCUT2D eigenvalue weighted by atomic mass is 32.2. The van der Waals surface area contributed by atoms with Crippen LogP contribution < -0.4 is 16.0 Å². The lowest BCUT2D eigenvalue weighted by atomic mass is 10.3. The van der Waals surface area contributed by atoms with Crippen molar-refractivity contribution in [3.05, 3.63) is 40.4 Å². The number of aromatic amines is 1. The van der Waals surface area contributed by atoms with Crippen LogP contribution in [0.1, 0.15) is 0 Å². The Bertz CT molecular complexity index is 652. The summed E-state index contributed by atoms with van der Waals surface area (Å²) >= 11 is 0.653. The number of nitrogens with zero attached hydrogens (tertiary/aromatic N) is 1. The van der Waals surface area contributed by atoms with Crippen LogP contribution in [-0.2, 0) is 0 Å². The summed E-state index contributed by atoms with van der Waals surface area (Å²) in [6.07, 6.45) is 1.13. The number of ether oxygens (including phenoxy) is 1. The van der Waals surface area contributed by atoms with E-state index in [1.807, 2.05) is 0 Å². The van der Waals surface area contributed by atoms with E-state index in [0.717, 1.165) is 18.5 Å². The van der Waals surface area contributed by atoms with Crippen LogP contribution in [0, 0.1) is 11.6 Å². The fourth-order valence-electron chi connectivity index (χ4n) is 1.40. The lowest BCUT2D eigenvalue weighted by molar-refractivity contribution is 0.393. The Balaban J connectivity index is 2.48. The monoisotopic (exact) mass is 285 g/mol. The van der Waals surface area contributed by atoms with E-state index in [0.29, 0.717) is 11.8 Å². The largest absolute Gasteiger partial charge is 0.489 e. The van der Waals surface area contributed by atoms with Crippen LogP contribution in [0.2, 0.25) is 0 Å². The Morgan fingerprint density at radius 2 is 2.00 bits per heavy atom. The topological polar surface area (TPSA) is 81.0 Å². The van der Waals surface area contributed by atoms with E-state index in [9.17, 15) is 13.6 Å². The number of hydrogen-bond acceptors (Lipinski definition) is 5. The first-order valence-electron chi connectivity index (χ1n) is 5.07. The minimum atomic E-state index is -0.827. The quantitative estimate of drug-likeness (QED) is 0.664. The summed E-state index contributed by atoms with van der Waals surface area (Å²) in [4.78, 5) is 17.3. The Hall–Kier alpha value is -2.09. The third-order valence-electron chi connectivity index (χ3n) is 2.20. The molecule has 0 atom stereocenters. The molecule has 0 aliphatic rings. The smallest absolute Gasteiger partial charge is 0.294 e. The highest BCUT2D eigenvalue weighted by molar-refractivity contribution is 7.99. The number of halogens is 2. The molecule has 0 unspecified atom stereocenters. The molecule has 2 aromatic rings. The molecule has 0 amide bonds. The van der Waals surface area contributed by atoms with Gasteiger partial charge in [-0.3, -0.25) is 4.79 Å². The molecule has 3 N–H and O–H groups in total. The van der Waals surface area contributed by atoms with Crippen molar-refractivity contribution in [3.8, 4) is 5.75 Å². The second-order valence-electron chi connectivity index (χ2n) is 3.49. The van der Waals surface area contributed by atoms with E-state index >= 15 is 0 Å². The molecule has 2 rings (SSSR count). The number of anilines is 1. The fourth-order valence-corrected chi connectivity index (χ4v) is 2.28. The summed E-state index contributed by atoms with van der Waals surface area (Å²) in [5.74, 6) is -1.76. The molecule has 0 radical (unpaired) electrons. The molecule has 0 saturated heterocycles. The summed E-state index contributed by atoms with van der Waals surface area (Å²) in [6.45, 7) is 0. The van der Waals surface area contributed by atoms with Gasteiger partial charge in [0.05, 0.1) is 18.3 Å². The summed E-state index contributed by atoms with van der Waals surface area (Å²) in [6, 6.07) is 1.98. The van der Waals surface area contributed by atoms with Gasteiger partial charge in [0.1, 0.15) is 11.6 Å². The molecule has 0 saturated carbocycles. The second kappa shape index (κ2) is 5.27. The summed E-state index contributed by atoms with van der Waals surface area (Å²) in [7, 11) is 1.27. The van der Waals surface area contributed by atoms with E-state index in [4.69, 9.17) is 10.5 Å². The molecular weight excluding hydrogens is 276 g/mol. The van der Waals surface area contributed by atoms with Crippen molar-refractivity contribution in [2.24, 2.45) is 0 Å². The van der Waals surface area contributed by atoms with Gasteiger partial charge in [0.2, 0.25) is 5.75 Å². The summed E-state index contributed by atoms with van der Waals surface area (Å²) in [5.41, 5.74) is 4.76. The zero-order valence-electron chi connectivity index (χ0n) is 9.74. The van der Waals surface area contributed by atoms with Crippen LogP contribution in [0.15, 0.2) is 33.2 Å². The average Bonchev–Trinajstić information content (AvgIpc) is 2.34. The fraction of sp³-hybridized carbons (Fsp3) is 0.0909. The number of methoxy groups -OCH3 is 1. The van der Waals surface area contributed by atoms with Crippen molar-refractivity contribution in [3.63, 3.8) is 0 Å². The molecule has 0 fully saturated rings. The highest BCUT2D eigenvalue weighted by Crippen LogP contribution is 2.35. The predicted octanol–water partition coefficient (Wildman–Crippen LogP) is 1.79. The van der Waals surface area contributed by atoms with Gasteiger partial charge >= 0.3 is 0 Å². The predicted molar refractivity (Wildman–Crippen MR) is 66.3 cm³/mol. The minimum Gasteiger partial charge on any atom is -0.489 e. The van der Waals surface area contributed by atoms with E-state index in [1.165, 1.54) is 7.11 Å². The van der Waals surface area contributed by atoms with Crippen LogP contribution in [0.25, 0.3) is 0 Å². The molecule has 1 aromatic heterocycles. The molecule has 5 nitrogen and oxygen atoms in total. The Morgan fingerprint density at radius 1 is 1.37 bits per heavy atom. The maximum Gasteiger partial charge on any atom is 0.294 e. The molecule has 1 heterocycles. The maximum absolute atomic E-state index is 13.6. The van der Waals surface area contributed by atoms with E-state index in [-0.39, 0.29) is 21.4 Å². The van der Waals surface area contributed by atoms with Gasteiger partial charge in [-0.15, -0.1) is 0 Å². The van der Waals surface area contributed by atoms with E-state index in [2.05, 4.69) is 9.97 Å². The van der Waals surface area contributed by atoms with Crippen LogP contribution in [0.5, 0.6) is 5.75 Å². The third kappa shape index (κ3) is 2.68. The molecule has 19 heavy (non-hydrogen) atoms. The molecule has 8 heteroatoms. The number of benzene rings is 1. The van der Waals surface area contributed by atoms with Crippen molar-refractivity contribution < 1.29 is 13.5 Å². The van der Waals surface area contributed by atoms with Gasteiger partial charge in [-0.1, -0.05) is 11.8 Å². The summed E-state index contributed by atoms with van der Waals surface area (Å²) < 4.78 is 32.1. The molecular formula is C11H9F2N3O2S. The lowest BCUT2D eigenvalue weighted by Gasteiger charge is -2.07. The number of hydrogen-bond donors (Lipinski definition) is 2. The van der Waals surface area contributed by atoms with Crippen LogP contribution in [0.4, 0.5) is 14.5 Å². The van der Waals surface area contributed by atoms with Crippen molar-refractivity contribution in [2.75, 3.05) is 12.8 Å². The number of rotatable bonds is 3. The first-order chi connectivity index (χ1) is 9.02. The van der Waals surface area contributed by atoms with Crippen LogP contribution in [0.3, 0.4) is 0 Å². The van der Waals surface area contributed by atoms with Crippen molar-refractivity contribution in [1.82, 2.24) is 9.97 Å². The number of nitrogens with one attached hydrogen (secondary N) is 1. The van der Waals surface area contributed by atoms with Crippen molar-refractivity contribution >= 4 is 17.4 Å². The second-order valence-corrected chi connectivity index (χ2v) is 4.48. The zero-order chi connectivity index (χ0) is 14.0. The minimum absolute atomic E-state index is 0.0230. The standard InChI is InChI=1S/C11H9F2N3O2S/c1-18-8-10(17)15-4-16-11(8)19-9-6(12)2-5(14)3-7(9)13/h2-4H,14H2,1H3,(H,15,16,17). The third-order valence-corrected chi connectivity index (χ3v) is 3.28. The van der Waals surface area contributed by atoms with Gasteiger partial charge in [-0.2, -0.15) is 0 Å². The van der Waals surface area contributed by atoms with Crippen LogP contribution in [-0.4, -0.2) is 17.1 Å². The molecule has 0 spiro atoms. The number of nitrogen functional groups attached to an aromatic ring is 1. The van der Waals surface area contributed by atoms with Gasteiger partial charge in [0, 0.05) is 5.69 Å². The normalized spacial score (nSPS) is 10.5. The number of nitrogens with two attached hydrogens (primary N) is 1. The lowest BCUT2D eigenvalue weighted by Crippen LogP contribution is -2.10. The first kappa shape index (κ1) is 13.3. The average molecular weight is 285 g/mol.